The fourth-order valence-corrected chi connectivity index (χ4v) is 1.80. The van der Waals surface area contributed by atoms with Crippen LogP contribution in [0.1, 0.15) is 11.1 Å². The van der Waals surface area contributed by atoms with Crippen molar-refractivity contribution in [2.45, 2.75) is 13.1 Å². The molecule has 1 aromatic carbocycles. The maximum atomic E-state index is 3.18. The van der Waals surface area contributed by atoms with Crippen molar-refractivity contribution in [1.82, 2.24) is 15.1 Å². The zero-order chi connectivity index (χ0) is 12.7. The summed E-state index contributed by atoms with van der Waals surface area (Å²) < 4.78 is 0. The largest absolute Gasteiger partial charge is 0.316 e. The van der Waals surface area contributed by atoms with Crippen LogP contribution in [0.5, 0.6) is 0 Å². The van der Waals surface area contributed by atoms with E-state index in [-0.39, 0.29) is 0 Å². The summed E-state index contributed by atoms with van der Waals surface area (Å²) in [6.45, 7) is 4.16. The summed E-state index contributed by atoms with van der Waals surface area (Å²) in [5, 5.41) is 3.18. The monoisotopic (exact) mass is 235 g/mol. The highest BCUT2D eigenvalue weighted by Gasteiger charge is 2.01. The number of nitrogens with one attached hydrogen (secondary N) is 1. The number of nitrogens with zero attached hydrogens (tertiary/aromatic N) is 2. The van der Waals surface area contributed by atoms with E-state index in [4.69, 9.17) is 0 Å². The van der Waals surface area contributed by atoms with Crippen LogP contribution in [0.4, 0.5) is 0 Å². The Balaban J connectivity index is 2.46. The van der Waals surface area contributed by atoms with E-state index >= 15 is 0 Å². The van der Waals surface area contributed by atoms with Crippen LogP contribution in [0.25, 0.3) is 0 Å². The first kappa shape index (κ1) is 14.2. The van der Waals surface area contributed by atoms with Crippen molar-refractivity contribution in [3.8, 4) is 0 Å². The Morgan fingerprint density at radius 1 is 1.06 bits per heavy atom. The van der Waals surface area contributed by atoms with Crippen molar-refractivity contribution in [2.24, 2.45) is 0 Å². The van der Waals surface area contributed by atoms with Crippen molar-refractivity contribution in [3.05, 3.63) is 35.4 Å². The molecule has 1 N–H and O–H groups in total. The summed E-state index contributed by atoms with van der Waals surface area (Å²) >= 11 is 0. The Morgan fingerprint density at radius 2 is 1.76 bits per heavy atom. The van der Waals surface area contributed by atoms with Crippen molar-refractivity contribution < 1.29 is 0 Å². The lowest BCUT2D eigenvalue weighted by Crippen LogP contribution is -2.28. The van der Waals surface area contributed by atoms with Gasteiger partial charge in [0, 0.05) is 26.2 Å². The van der Waals surface area contributed by atoms with E-state index in [9.17, 15) is 0 Å². The van der Waals surface area contributed by atoms with E-state index in [2.05, 4.69) is 60.5 Å². The minimum absolute atomic E-state index is 0.940. The van der Waals surface area contributed by atoms with Crippen LogP contribution in [0, 0.1) is 0 Å². The lowest BCUT2D eigenvalue weighted by Gasteiger charge is -2.19. The highest BCUT2D eigenvalue weighted by Crippen LogP contribution is 2.07. The number of rotatable bonds is 7. The third kappa shape index (κ3) is 5.82. The number of hydrogen-bond acceptors (Lipinski definition) is 3. The molecule has 0 heterocycles. The third-order valence-corrected chi connectivity index (χ3v) is 2.75. The second-order valence-corrected chi connectivity index (χ2v) is 4.89. The molecule has 0 aromatic heterocycles. The summed E-state index contributed by atoms with van der Waals surface area (Å²) in [6.07, 6.45) is 0. The topological polar surface area (TPSA) is 18.5 Å². The second kappa shape index (κ2) is 7.43. The lowest BCUT2D eigenvalue weighted by atomic mass is 10.1. The molecular weight excluding hydrogens is 210 g/mol. The number of hydrogen-bond donors (Lipinski definition) is 1. The van der Waals surface area contributed by atoms with Gasteiger partial charge in [-0.25, -0.2) is 0 Å². The van der Waals surface area contributed by atoms with Crippen molar-refractivity contribution in [2.75, 3.05) is 41.3 Å². The average Bonchev–Trinajstić information content (AvgIpc) is 2.27. The molecule has 0 radical (unpaired) electrons. The van der Waals surface area contributed by atoms with E-state index in [1.807, 2.05) is 7.05 Å². The average molecular weight is 235 g/mol. The fraction of sp³-hybridized carbons (Fsp3) is 0.571. The predicted molar refractivity (Wildman–Crippen MR) is 74.1 cm³/mol. The molecule has 1 rings (SSSR count). The molecule has 0 amide bonds. The quantitative estimate of drug-likeness (QED) is 0.771. The normalized spacial score (nSPS) is 11.4. The molecule has 0 aliphatic heterocycles. The molecule has 0 spiro atoms. The summed E-state index contributed by atoms with van der Waals surface area (Å²) in [6, 6.07) is 8.79. The van der Waals surface area contributed by atoms with Crippen LogP contribution in [0.2, 0.25) is 0 Å². The molecule has 17 heavy (non-hydrogen) atoms. The van der Waals surface area contributed by atoms with Gasteiger partial charge >= 0.3 is 0 Å². The highest BCUT2D eigenvalue weighted by molar-refractivity contribution is 5.23. The molecule has 0 aliphatic rings. The van der Waals surface area contributed by atoms with E-state index in [0.717, 1.165) is 26.2 Å². The molecule has 0 bridgehead atoms. The minimum atomic E-state index is 0.940. The second-order valence-electron chi connectivity index (χ2n) is 4.89. The zero-order valence-corrected chi connectivity index (χ0v) is 11.5. The Labute approximate surface area is 105 Å². The minimum Gasteiger partial charge on any atom is -0.316 e. The highest BCUT2D eigenvalue weighted by atomic mass is 15.1. The van der Waals surface area contributed by atoms with Crippen LogP contribution in [-0.4, -0.2) is 51.1 Å². The van der Waals surface area contributed by atoms with Crippen LogP contribution >= 0.6 is 0 Å². The van der Waals surface area contributed by atoms with Gasteiger partial charge < -0.3 is 15.1 Å². The van der Waals surface area contributed by atoms with Gasteiger partial charge in [0.25, 0.3) is 0 Å². The molecule has 0 fully saturated rings. The standard InChI is InChI=1S/C14H25N3/c1-15-11-13-6-5-7-14(10-13)12-17(4)9-8-16(2)3/h5-7,10,15H,8-9,11-12H2,1-4H3. The maximum Gasteiger partial charge on any atom is 0.0231 e. The van der Waals surface area contributed by atoms with Crippen LogP contribution in [-0.2, 0) is 13.1 Å². The van der Waals surface area contributed by atoms with E-state index in [0.29, 0.717) is 0 Å². The van der Waals surface area contributed by atoms with Crippen LogP contribution < -0.4 is 5.32 Å². The van der Waals surface area contributed by atoms with Gasteiger partial charge in [0.15, 0.2) is 0 Å². The fourth-order valence-electron chi connectivity index (χ4n) is 1.80. The molecule has 0 saturated heterocycles. The van der Waals surface area contributed by atoms with Gasteiger partial charge in [-0.3, -0.25) is 0 Å². The summed E-state index contributed by atoms with van der Waals surface area (Å²) in [7, 11) is 8.38. The van der Waals surface area contributed by atoms with Crippen molar-refractivity contribution >= 4 is 0 Å². The molecule has 0 unspecified atom stereocenters. The Bertz CT molecular complexity index is 323. The SMILES string of the molecule is CNCc1cccc(CN(C)CCN(C)C)c1. The van der Waals surface area contributed by atoms with Gasteiger partial charge in [-0.1, -0.05) is 24.3 Å². The molecule has 3 heteroatoms. The Hall–Kier alpha value is -0.900. The summed E-state index contributed by atoms with van der Waals surface area (Å²) in [4.78, 5) is 4.58. The lowest BCUT2D eigenvalue weighted by molar-refractivity contribution is 0.276. The maximum absolute atomic E-state index is 3.18. The first-order valence-corrected chi connectivity index (χ1v) is 6.17. The molecule has 96 valence electrons. The summed E-state index contributed by atoms with van der Waals surface area (Å²) in [5.41, 5.74) is 2.74. The smallest absolute Gasteiger partial charge is 0.0231 e. The van der Waals surface area contributed by atoms with Gasteiger partial charge in [-0.15, -0.1) is 0 Å². The Morgan fingerprint density at radius 3 is 2.41 bits per heavy atom. The number of likely N-dealkylation sites (N-methyl/N-ethyl adjacent to an activating group) is 2. The molecule has 1 aromatic rings. The molecule has 3 nitrogen and oxygen atoms in total. The molecular formula is C14H25N3. The van der Waals surface area contributed by atoms with Gasteiger partial charge in [-0.05, 0) is 39.3 Å². The van der Waals surface area contributed by atoms with E-state index in [1.165, 1.54) is 11.1 Å². The van der Waals surface area contributed by atoms with E-state index in [1.54, 1.807) is 0 Å². The van der Waals surface area contributed by atoms with Crippen molar-refractivity contribution in [3.63, 3.8) is 0 Å². The van der Waals surface area contributed by atoms with Gasteiger partial charge in [-0.2, -0.15) is 0 Å². The van der Waals surface area contributed by atoms with Gasteiger partial charge in [0.1, 0.15) is 0 Å². The van der Waals surface area contributed by atoms with Crippen LogP contribution in [0.3, 0.4) is 0 Å². The third-order valence-electron chi connectivity index (χ3n) is 2.75. The molecule has 0 atom stereocenters. The first-order chi connectivity index (χ1) is 8.11. The number of benzene rings is 1. The Kier molecular flexibility index (Phi) is 6.19. The first-order valence-electron chi connectivity index (χ1n) is 6.17. The predicted octanol–water partition coefficient (Wildman–Crippen LogP) is 1.40. The van der Waals surface area contributed by atoms with E-state index < -0.39 is 0 Å². The van der Waals surface area contributed by atoms with Gasteiger partial charge in [0.05, 0.1) is 0 Å². The van der Waals surface area contributed by atoms with Crippen LogP contribution in [0.15, 0.2) is 24.3 Å². The van der Waals surface area contributed by atoms with Gasteiger partial charge in [0.2, 0.25) is 0 Å². The van der Waals surface area contributed by atoms with Crippen molar-refractivity contribution in [1.29, 1.82) is 0 Å². The summed E-state index contributed by atoms with van der Waals surface area (Å²) in [5.74, 6) is 0. The molecule has 0 aliphatic carbocycles. The zero-order valence-electron chi connectivity index (χ0n) is 11.5. The molecule has 0 saturated carbocycles.